The molecule has 1 aromatic heterocycles. The zero-order valence-electron chi connectivity index (χ0n) is 13.7. The monoisotopic (exact) mass is 432 g/mol. The van der Waals surface area contributed by atoms with E-state index in [0.29, 0.717) is 0 Å². The van der Waals surface area contributed by atoms with Gasteiger partial charge >= 0.3 is 0 Å². The first-order chi connectivity index (χ1) is 12.2. The van der Waals surface area contributed by atoms with Crippen LogP contribution in [0.4, 0.5) is 22.0 Å². The Kier molecular flexibility index (Phi) is 5.80. The Hall–Kier alpha value is -2.61. The average molecular weight is 434 g/mol. The van der Waals surface area contributed by atoms with Crippen LogP contribution in [-0.4, -0.2) is 20.7 Å². The number of aromatic nitrogens is 2. The van der Waals surface area contributed by atoms with Crippen LogP contribution in [0.5, 0.6) is 5.88 Å². The second kappa shape index (κ2) is 7.56. The Labute approximate surface area is 162 Å². The second-order valence-electron chi connectivity index (χ2n) is 5.35. The molecular weight excluding hydrogens is 425 g/mol. The maximum atomic E-state index is 13.9. The predicted octanol–water partition coefficient (Wildman–Crippen LogP) is 3.81. The molecule has 2 aromatic carbocycles. The van der Waals surface area contributed by atoms with Gasteiger partial charge in [0, 0.05) is 31.1 Å². The van der Waals surface area contributed by atoms with Crippen LogP contribution in [0.2, 0.25) is 0 Å². The zero-order chi connectivity index (χ0) is 19.2. The minimum atomic E-state index is -1.79. The summed E-state index contributed by atoms with van der Waals surface area (Å²) in [6.07, 6.45) is 0. The molecule has 0 amide bonds. The fraction of sp³-hybridized carbons (Fsp3) is 0.0588. The molecule has 27 heavy (non-hydrogen) atoms. The summed E-state index contributed by atoms with van der Waals surface area (Å²) in [6.45, 7) is 1.25. The number of aromatic hydroxyl groups is 1. The molecule has 1 N–H and O–H groups in total. The van der Waals surface area contributed by atoms with Gasteiger partial charge in [-0.2, -0.15) is 9.78 Å². The van der Waals surface area contributed by atoms with Crippen LogP contribution in [-0.2, 0) is 19.5 Å². The van der Waals surface area contributed by atoms with Gasteiger partial charge in [-0.15, -0.1) is 0 Å². The van der Waals surface area contributed by atoms with Crippen LogP contribution in [0.1, 0.15) is 21.6 Å². The van der Waals surface area contributed by atoms with E-state index in [1.165, 1.54) is 6.92 Å². The van der Waals surface area contributed by atoms with Crippen molar-refractivity contribution in [1.29, 1.82) is 0 Å². The first-order valence-corrected chi connectivity index (χ1v) is 7.14. The fourth-order valence-electron chi connectivity index (χ4n) is 2.43. The molecule has 0 aliphatic heterocycles. The van der Waals surface area contributed by atoms with Crippen LogP contribution in [0.25, 0.3) is 5.69 Å². The van der Waals surface area contributed by atoms with Crippen LogP contribution < -0.4 is 0 Å². The molecule has 0 radical (unpaired) electrons. The summed E-state index contributed by atoms with van der Waals surface area (Å²) in [4.78, 5) is 12.5. The van der Waals surface area contributed by atoms with Crippen LogP contribution >= 0.6 is 0 Å². The summed E-state index contributed by atoms with van der Waals surface area (Å²) in [6, 6.07) is 4.29. The van der Waals surface area contributed by atoms with Gasteiger partial charge in [0.15, 0.2) is 29.1 Å². The molecule has 0 unspecified atom stereocenters. The fourth-order valence-corrected chi connectivity index (χ4v) is 2.43. The Morgan fingerprint density at radius 3 is 2.04 bits per heavy atom. The molecular formula is C17H9F5N2O2Zn. The molecule has 0 saturated heterocycles. The number of benzene rings is 2. The molecule has 0 aliphatic rings. The maximum absolute atomic E-state index is 13.9. The predicted molar refractivity (Wildman–Crippen MR) is 79.6 cm³/mol. The minimum absolute atomic E-state index is 0. The molecule has 136 valence electrons. The van der Waals surface area contributed by atoms with Crippen molar-refractivity contribution in [2.24, 2.45) is 0 Å². The van der Waals surface area contributed by atoms with Crippen molar-refractivity contribution >= 4 is 5.78 Å². The number of aryl methyl sites for hydroxylation is 1. The Morgan fingerprint density at radius 2 is 1.52 bits per heavy atom. The number of hydrogen-bond acceptors (Lipinski definition) is 3. The number of halogens is 5. The SMILES string of the molecule is Cc1nn(-c2c(F)c(F)cc(F)c2F)c(O)c1C(=O)c1ccc(F)cc1.[Zn]. The Balaban J connectivity index is 0.00000261. The van der Waals surface area contributed by atoms with Gasteiger partial charge in [0.1, 0.15) is 17.1 Å². The van der Waals surface area contributed by atoms with E-state index in [1.807, 2.05) is 0 Å². The molecule has 1 heterocycles. The summed E-state index contributed by atoms with van der Waals surface area (Å²) in [5, 5.41) is 13.8. The van der Waals surface area contributed by atoms with Crippen LogP contribution in [0.3, 0.4) is 0 Å². The van der Waals surface area contributed by atoms with Gasteiger partial charge in [-0.3, -0.25) is 4.79 Å². The van der Waals surface area contributed by atoms with Gasteiger partial charge in [0.05, 0.1) is 5.69 Å². The van der Waals surface area contributed by atoms with Crippen molar-refractivity contribution in [2.75, 3.05) is 0 Å². The molecule has 0 bridgehead atoms. The third-order valence-corrected chi connectivity index (χ3v) is 3.67. The van der Waals surface area contributed by atoms with E-state index in [-0.39, 0.29) is 41.5 Å². The van der Waals surface area contributed by atoms with Crippen molar-refractivity contribution in [3.63, 3.8) is 0 Å². The van der Waals surface area contributed by atoms with E-state index >= 15 is 0 Å². The number of rotatable bonds is 3. The van der Waals surface area contributed by atoms with Gasteiger partial charge in [-0.1, -0.05) is 0 Å². The Morgan fingerprint density at radius 1 is 1.00 bits per heavy atom. The van der Waals surface area contributed by atoms with Crippen molar-refractivity contribution in [3.05, 3.63) is 76.2 Å². The molecule has 0 saturated carbocycles. The van der Waals surface area contributed by atoms with Gasteiger partial charge in [-0.25, -0.2) is 22.0 Å². The molecule has 3 aromatic rings. The quantitative estimate of drug-likeness (QED) is 0.296. The van der Waals surface area contributed by atoms with Gasteiger partial charge in [0.25, 0.3) is 0 Å². The second-order valence-corrected chi connectivity index (χ2v) is 5.35. The van der Waals surface area contributed by atoms with Gasteiger partial charge < -0.3 is 5.11 Å². The number of carbonyl (C=O) groups is 1. The largest absolute Gasteiger partial charge is 0.493 e. The van der Waals surface area contributed by atoms with Crippen molar-refractivity contribution in [3.8, 4) is 11.6 Å². The van der Waals surface area contributed by atoms with E-state index in [9.17, 15) is 31.9 Å². The van der Waals surface area contributed by atoms with Crippen molar-refractivity contribution < 1.29 is 51.3 Å². The molecule has 0 spiro atoms. The van der Waals surface area contributed by atoms with Crippen LogP contribution in [0, 0.1) is 36.0 Å². The summed E-state index contributed by atoms with van der Waals surface area (Å²) in [7, 11) is 0. The number of carbonyl (C=O) groups excluding carboxylic acids is 1. The standard InChI is InChI=1S/C17H9F5N2O2.Zn/c1-7-12(16(25)8-2-4-9(18)5-3-8)17(26)24(23-7)15-13(21)10(19)6-11(20)14(15)22;/h2-6,26H,1H3;. The van der Waals surface area contributed by atoms with Crippen molar-refractivity contribution in [1.82, 2.24) is 9.78 Å². The minimum Gasteiger partial charge on any atom is -0.493 e. The molecule has 10 heteroatoms. The third kappa shape index (κ3) is 3.49. The first kappa shape index (κ1) is 20.7. The van der Waals surface area contributed by atoms with E-state index in [1.54, 1.807) is 0 Å². The molecule has 0 atom stereocenters. The topological polar surface area (TPSA) is 55.1 Å². The van der Waals surface area contributed by atoms with E-state index < -0.39 is 52.0 Å². The Bertz CT molecular complexity index is 1010. The van der Waals surface area contributed by atoms with Gasteiger partial charge in [0.2, 0.25) is 5.88 Å². The third-order valence-electron chi connectivity index (χ3n) is 3.67. The molecule has 3 rings (SSSR count). The van der Waals surface area contributed by atoms with E-state index in [0.717, 1.165) is 24.3 Å². The molecule has 0 aliphatic carbocycles. The number of nitrogens with zero attached hydrogens (tertiary/aromatic N) is 2. The van der Waals surface area contributed by atoms with Gasteiger partial charge in [-0.05, 0) is 31.2 Å². The smallest absolute Gasteiger partial charge is 0.226 e. The summed E-state index contributed by atoms with van der Waals surface area (Å²) in [5.41, 5.74) is -1.93. The van der Waals surface area contributed by atoms with E-state index in [4.69, 9.17) is 0 Å². The number of ketones is 1. The summed E-state index contributed by atoms with van der Waals surface area (Å²) >= 11 is 0. The summed E-state index contributed by atoms with van der Waals surface area (Å²) < 4.78 is 67.8. The average Bonchev–Trinajstić information content (AvgIpc) is 2.88. The molecule has 0 fully saturated rings. The maximum Gasteiger partial charge on any atom is 0.226 e. The van der Waals surface area contributed by atoms with Crippen LogP contribution in [0.15, 0.2) is 30.3 Å². The normalized spacial score (nSPS) is 10.6. The first-order valence-electron chi connectivity index (χ1n) is 7.14. The van der Waals surface area contributed by atoms with Crippen molar-refractivity contribution in [2.45, 2.75) is 6.92 Å². The molecule has 4 nitrogen and oxygen atoms in total. The van der Waals surface area contributed by atoms with E-state index in [2.05, 4.69) is 5.10 Å². The number of hydrogen-bond donors (Lipinski definition) is 1. The zero-order valence-corrected chi connectivity index (χ0v) is 16.7. The summed E-state index contributed by atoms with van der Waals surface area (Å²) in [5.74, 6) is -9.40.